The molecule has 4 heteroatoms. The van der Waals surface area contributed by atoms with Gasteiger partial charge in [0.05, 0.1) is 6.61 Å². The fraction of sp³-hybridized carbons (Fsp3) is 0.786. The molecule has 4 nitrogen and oxygen atoms in total. The second-order valence-corrected chi connectivity index (χ2v) is 4.92. The molecule has 18 heavy (non-hydrogen) atoms. The van der Waals surface area contributed by atoms with E-state index < -0.39 is 11.9 Å². The summed E-state index contributed by atoms with van der Waals surface area (Å²) in [5, 5.41) is 0. The molecule has 0 aromatic carbocycles. The molecule has 0 saturated heterocycles. The lowest BCUT2D eigenvalue weighted by Crippen LogP contribution is -2.30. The van der Waals surface area contributed by atoms with Crippen LogP contribution in [-0.4, -0.2) is 24.1 Å². The molecule has 0 aliphatic heterocycles. The Morgan fingerprint density at radius 3 is 2.28 bits per heavy atom. The zero-order chi connectivity index (χ0) is 13.5. The summed E-state index contributed by atoms with van der Waals surface area (Å²) in [6.45, 7) is 3.27. The highest BCUT2D eigenvalue weighted by molar-refractivity contribution is 6.01. The molecule has 1 aliphatic rings. The van der Waals surface area contributed by atoms with Crippen molar-refractivity contribution >= 4 is 17.5 Å². The summed E-state index contributed by atoms with van der Waals surface area (Å²) in [4.78, 5) is 35.1. The largest absolute Gasteiger partial charge is 0.465 e. The van der Waals surface area contributed by atoms with Crippen LogP contribution in [0.3, 0.4) is 0 Å². The van der Waals surface area contributed by atoms with Gasteiger partial charge in [0.25, 0.3) is 0 Å². The minimum Gasteiger partial charge on any atom is -0.465 e. The Labute approximate surface area is 108 Å². The predicted molar refractivity (Wildman–Crippen MR) is 67.0 cm³/mol. The van der Waals surface area contributed by atoms with Crippen molar-refractivity contribution in [3.63, 3.8) is 0 Å². The van der Waals surface area contributed by atoms with Crippen LogP contribution in [0.1, 0.15) is 52.4 Å². The molecular weight excluding hydrogens is 232 g/mol. The number of Topliss-reactive ketones (excluding diaryl/α,β-unsaturated/α-hetero) is 2. The van der Waals surface area contributed by atoms with Crippen molar-refractivity contribution in [1.29, 1.82) is 0 Å². The van der Waals surface area contributed by atoms with Gasteiger partial charge in [-0.3, -0.25) is 14.4 Å². The Bertz CT molecular complexity index is 316. The molecule has 0 radical (unpaired) electrons. The number of ether oxygens (including phenoxy) is 1. The van der Waals surface area contributed by atoms with Gasteiger partial charge in [0, 0.05) is 12.3 Å². The Morgan fingerprint density at radius 2 is 1.78 bits per heavy atom. The van der Waals surface area contributed by atoms with Crippen molar-refractivity contribution in [2.75, 3.05) is 6.61 Å². The van der Waals surface area contributed by atoms with Crippen molar-refractivity contribution in [2.24, 2.45) is 11.8 Å². The summed E-state index contributed by atoms with van der Waals surface area (Å²) >= 11 is 0. The molecule has 1 saturated carbocycles. The van der Waals surface area contributed by atoms with Crippen LogP contribution < -0.4 is 0 Å². The Hall–Kier alpha value is -1.19. The molecule has 0 bridgehead atoms. The van der Waals surface area contributed by atoms with Gasteiger partial charge in [-0.05, 0) is 26.7 Å². The van der Waals surface area contributed by atoms with Crippen LogP contribution >= 0.6 is 0 Å². The normalized spacial score (nSPS) is 18.1. The lowest BCUT2D eigenvalue weighted by Gasteiger charge is -2.21. The minimum atomic E-state index is -0.903. The maximum absolute atomic E-state index is 12.1. The van der Waals surface area contributed by atoms with Crippen molar-refractivity contribution in [3.05, 3.63) is 0 Å². The Kier molecular flexibility index (Phi) is 6.02. The van der Waals surface area contributed by atoms with Gasteiger partial charge in [-0.2, -0.15) is 0 Å². The summed E-state index contributed by atoms with van der Waals surface area (Å²) in [5.41, 5.74) is 0. The summed E-state index contributed by atoms with van der Waals surface area (Å²) in [7, 11) is 0. The smallest absolute Gasteiger partial charge is 0.316 e. The van der Waals surface area contributed by atoms with Crippen LogP contribution in [0.15, 0.2) is 0 Å². The summed E-state index contributed by atoms with van der Waals surface area (Å²) in [6.07, 6.45) is 5.12. The number of ketones is 2. The highest BCUT2D eigenvalue weighted by atomic mass is 16.5. The van der Waals surface area contributed by atoms with E-state index in [2.05, 4.69) is 0 Å². The van der Waals surface area contributed by atoms with Crippen LogP contribution in [0.25, 0.3) is 0 Å². The van der Waals surface area contributed by atoms with E-state index in [-0.39, 0.29) is 30.5 Å². The van der Waals surface area contributed by atoms with E-state index in [1.807, 2.05) is 0 Å². The number of hydrogen-bond donors (Lipinski definition) is 0. The van der Waals surface area contributed by atoms with E-state index in [9.17, 15) is 14.4 Å². The molecule has 0 heterocycles. The van der Waals surface area contributed by atoms with Gasteiger partial charge in [0.15, 0.2) is 0 Å². The fourth-order valence-corrected chi connectivity index (χ4v) is 2.43. The molecular formula is C14H22O4. The molecule has 1 unspecified atom stereocenters. The van der Waals surface area contributed by atoms with E-state index in [1.165, 1.54) is 13.3 Å². The van der Waals surface area contributed by atoms with Crippen molar-refractivity contribution in [2.45, 2.75) is 52.4 Å². The molecule has 102 valence electrons. The average Bonchev–Trinajstić information content (AvgIpc) is 2.36. The number of hydrogen-bond acceptors (Lipinski definition) is 4. The summed E-state index contributed by atoms with van der Waals surface area (Å²) in [5.74, 6) is -1.66. The monoisotopic (exact) mass is 254 g/mol. The van der Waals surface area contributed by atoms with Gasteiger partial charge in [0.2, 0.25) is 0 Å². The van der Waals surface area contributed by atoms with E-state index in [0.717, 1.165) is 25.7 Å². The first kappa shape index (κ1) is 14.9. The minimum absolute atomic E-state index is 0.0127. The maximum Gasteiger partial charge on any atom is 0.316 e. The Morgan fingerprint density at radius 1 is 1.17 bits per heavy atom. The molecule has 0 aromatic heterocycles. The van der Waals surface area contributed by atoms with Gasteiger partial charge in [0.1, 0.15) is 17.5 Å². The van der Waals surface area contributed by atoms with Crippen molar-refractivity contribution in [1.82, 2.24) is 0 Å². The van der Waals surface area contributed by atoms with Crippen LogP contribution in [0.5, 0.6) is 0 Å². The zero-order valence-electron chi connectivity index (χ0n) is 11.2. The number of esters is 1. The van der Waals surface area contributed by atoms with Gasteiger partial charge in [-0.1, -0.05) is 19.3 Å². The zero-order valence-corrected chi connectivity index (χ0v) is 11.2. The number of carbonyl (C=O) groups excluding carboxylic acids is 3. The topological polar surface area (TPSA) is 60.4 Å². The third-order valence-corrected chi connectivity index (χ3v) is 3.53. The number of carbonyl (C=O) groups is 3. The first-order chi connectivity index (χ1) is 8.56. The molecule has 0 spiro atoms. The van der Waals surface area contributed by atoms with Gasteiger partial charge in [-0.15, -0.1) is 0 Å². The van der Waals surface area contributed by atoms with E-state index in [4.69, 9.17) is 4.74 Å². The predicted octanol–water partition coefficient (Wildman–Crippen LogP) is 2.29. The first-order valence-electron chi connectivity index (χ1n) is 6.76. The third kappa shape index (κ3) is 4.24. The fourth-order valence-electron chi connectivity index (χ4n) is 2.43. The lowest BCUT2D eigenvalue weighted by atomic mass is 9.82. The number of rotatable bonds is 6. The van der Waals surface area contributed by atoms with Crippen LogP contribution in [0.2, 0.25) is 0 Å². The average molecular weight is 254 g/mol. The van der Waals surface area contributed by atoms with E-state index in [0.29, 0.717) is 0 Å². The summed E-state index contributed by atoms with van der Waals surface area (Å²) in [6, 6.07) is 0. The molecule has 0 amide bonds. The molecule has 1 atom stereocenters. The van der Waals surface area contributed by atoms with Crippen LogP contribution in [0, 0.1) is 11.8 Å². The van der Waals surface area contributed by atoms with Crippen molar-refractivity contribution < 1.29 is 19.1 Å². The van der Waals surface area contributed by atoms with Crippen LogP contribution in [0.4, 0.5) is 0 Å². The third-order valence-electron chi connectivity index (χ3n) is 3.53. The van der Waals surface area contributed by atoms with Gasteiger partial charge in [-0.25, -0.2) is 0 Å². The SMILES string of the molecule is CCOC(=O)C(CC(=O)C1CCCCC1)C(C)=O. The molecule has 1 fully saturated rings. The van der Waals surface area contributed by atoms with Gasteiger partial charge >= 0.3 is 5.97 Å². The van der Waals surface area contributed by atoms with Gasteiger partial charge < -0.3 is 4.74 Å². The van der Waals surface area contributed by atoms with E-state index in [1.54, 1.807) is 6.92 Å². The Balaban J connectivity index is 2.57. The van der Waals surface area contributed by atoms with Crippen LogP contribution in [-0.2, 0) is 19.1 Å². The molecule has 0 N–H and O–H groups in total. The molecule has 1 rings (SSSR count). The molecule has 0 aromatic rings. The maximum atomic E-state index is 12.1. The highest BCUT2D eigenvalue weighted by Gasteiger charge is 2.31. The second kappa shape index (κ2) is 7.29. The summed E-state index contributed by atoms with van der Waals surface area (Å²) < 4.78 is 4.84. The molecule has 1 aliphatic carbocycles. The highest BCUT2D eigenvalue weighted by Crippen LogP contribution is 2.26. The van der Waals surface area contributed by atoms with E-state index >= 15 is 0 Å². The quantitative estimate of drug-likeness (QED) is 0.539. The lowest BCUT2D eigenvalue weighted by molar-refractivity contribution is -0.153. The standard InChI is InChI=1S/C14H22O4/c1-3-18-14(17)12(10(2)15)9-13(16)11-7-5-4-6-8-11/h11-12H,3-9H2,1-2H3. The second-order valence-electron chi connectivity index (χ2n) is 4.92. The van der Waals surface area contributed by atoms with Crippen molar-refractivity contribution in [3.8, 4) is 0 Å². The first-order valence-corrected chi connectivity index (χ1v) is 6.76.